The second kappa shape index (κ2) is 9.85. The summed E-state index contributed by atoms with van der Waals surface area (Å²) in [7, 11) is 0. The molecular formula is C16H22N2O2. The van der Waals surface area contributed by atoms with Crippen molar-refractivity contribution < 1.29 is 9.53 Å². The second-order valence-electron chi connectivity index (χ2n) is 4.95. The molecular weight excluding hydrogens is 252 g/mol. The molecule has 4 nitrogen and oxygen atoms in total. The van der Waals surface area contributed by atoms with Crippen molar-refractivity contribution in [1.82, 2.24) is 5.32 Å². The summed E-state index contributed by atoms with van der Waals surface area (Å²) in [5.74, 6) is 0.435. The quantitative estimate of drug-likeness (QED) is 0.736. The van der Waals surface area contributed by atoms with Gasteiger partial charge in [0.05, 0.1) is 6.07 Å². The van der Waals surface area contributed by atoms with Crippen LogP contribution in [-0.4, -0.2) is 12.6 Å². The number of hydrogen-bond donors (Lipinski definition) is 1. The van der Waals surface area contributed by atoms with Gasteiger partial charge in [0.2, 0.25) is 0 Å². The highest BCUT2D eigenvalue weighted by atomic mass is 16.5. The van der Waals surface area contributed by atoms with Crippen LogP contribution in [0.25, 0.3) is 0 Å². The minimum atomic E-state index is -0.376. The van der Waals surface area contributed by atoms with Crippen molar-refractivity contribution >= 4 is 6.09 Å². The monoisotopic (exact) mass is 274 g/mol. The second-order valence-corrected chi connectivity index (χ2v) is 4.95. The van der Waals surface area contributed by atoms with Crippen LogP contribution in [0.1, 0.15) is 38.2 Å². The van der Waals surface area contributed by atoms with Crippen LogP contribution in [0.4, 0.5) is 4.79 Å². The Labute approximate surface area is 120 Å². The molecule has 0 heterocycles. The van der Waals surface area contributed by atoms with E-state index in [1.807, 2.05) is 30.3 Å². The molecule has 1 rings (SSSR count). The lowest BCUT2D eigenvalue weighted by Crippen LogP contribution is -2.25. The fraction of sp³-hybridized carbons (Fsp3) is 0.500. The lowest BCUT2D eigenvalue weighted by atomic mass is 10.0. The zero-order valence-corrected chi connectivity index (χ0v) is 12.0. The number of nitrogens with zero attached hydrogens (tertiary/aromatic N) is 1. The van der Waals surface area contributed by atoms with Gasteiger partial charge in [-0.05, 0) is 24.3 Å². The van der Waals surface area contributed by atoms with Gasteiger partial charge in [0.15, 0.2) is 0 Å². The van der Waals surface area contributed by atoms with Gasteiger partial charge in [0.1, 0.15) is 6.61 Å². The summed E-state index contributed by atoms with van der Waals surface area (Å²) in [5.41, 5.74) is 0.980. The molecule has 0 bridgehead atoms. The summed E-state index contributed by atoms with van der Waals surface area (Å²) < 4.78 is 5.10. The Hall–Kier alpha value is -2.02. The van der Waals surface area contributed by atoms with Gasteiger partial charge >= 0.3 is 6.09 Å². The molecule has 0 saturated heterocycles. The van der Waals surface area contributed by atoms with Gasteiger partial charge in [-0.25, -0.2) is 4.79 Å². The van der Waals surface area contributed by atoms with Gasteiger partial charge in [-0.2, -0.15) is 5.26 Å². The molecule has 0 aromatic heterocycles. The Morgan fingerprint density at radius 1 is 1.35 bits per heavy atom. The summed E-state index contributed by atoms with van der Waals surface area (Å²) in [6, 6.07) is 11.8. The van der Waals surface area contributed by atoms with Crippen LogP contribution in [-0.2, 0) is 11.3 Å². The SMILES string of the molecule is CC(CC#N)CCCCNC(=O)OCc1ccccc1. The summed E-state index contributed by atoms with van der Waals surface area (Å²) in [4.78, 5) is 11.4. The van der Waals surface area contributed by atoms with Crippen molar-refractivity contribution in [3.63, 3.8) is 0 Å². The average Bonchev–Trinajstić information content (AvgIpc) is 2.46. The van der Waals surface area contributed by atoms with E-state index in [0.29, 0.717) is 25.5 Å². The van der Waals surface area contributed by atoms with E-state index in [4.69, 9.17) is 10.00 Å². The first-order valence-corrected chi connectivity index (χ1v) is 7.04. The molecule has 0 aliphatic heterocycles. The summed E-state index contributed by atoms with van der Waals surface area (Å²) in [5, 5.41) is 11.3. The van der Waals surface area contributed by atoms with Gasteiger partial charge in [-0.1, -0.05) is 43.7 Å². The predicted octanol–water partition coefficient (Wildman–Crippen LogP) is 3.63. The Kier molecular flexibility index (Phi) is 7.90. The van der Waals surface area contributed by atoms with Gasteiger partial charge in [-0.3, -0.25) is 0 Å². The van der Waals surface area contributed by atoms with E-state index in [-0.39, 0.29) is 6.09 Å². The van der Waals surface area contributed by atoms with Crippen LogP contribution in [0.2, 0.25) is 0 Å². The van der Waals surface area contributed by atoms with E-state index in [9.17, 15) is 4.79 Å². The van der Waals surface area contributed by atoms with Crippen molar-refractivity contribution in [1.29, 1.82) is 5.26 Å². The normalized spacial score (nSPS) is 11.4. The fourth-order valence-electron chi connectivity index (χ4n) is 1.84. The number of amides is 1. The van der Waals surface area contributed by atoms with Gasteiger partial charge < -0.3 is 10.1 Å². The maximum Gasteiger partial charge on any atom is 0.407 e. The van der Waals surface area contributed by atoms with Crippen LogP contribution in [0, 0.1) is 17.2 Å². The number of rotatable bonds is 8. The van der Waals surface area contributed by atoms with Crippen molar-refractivity contribution in [3.05, 3.63) is 35.9 Å². The fourth-order valence-corrected chi connectivity index (χ4v) is 1.84. The molecule has 0 spiro atoms. The molecule has 1 aromatic rings. The van der Waals surface area contributed by atoms with Crippen LogP contribution >= 0.6 is 0 Å². The van der Waals surface area contributed by atoms with Crippen molar-refractivity contribution in [2.45, 2.75) is 39.2 Å². The summed E-state index contributed by atoms with van der Waals surface area (Å²) in [6.07, 6.45) is 3.18. The van der Waals surface area contributed by atoms with Crippen LogP contribution < -0.4 is 5.32 Å². The first kappa shape index (κ1) is 16.0. The Morgan fingerprint density at radius 3 is 2.80 bits per heavy atom. The minimum absolute atomic E-state index is 0.297. The van der Waals surface area contributed by atoms with E-state index >= 15 is 0 Å². The molecule has 0 fully saturated rings. The number of benzene rings is 1. The average molecular weight is 274 g/mol. The number of ether oxygens (including phenoxy) is 1. The number of carbonyl (C=O) groups is 1. The number of nitrogens with one attached hydrogen (secondary N) is 1. The zero-order chi connectivity index (χ0) is 14.6. The Morgan fingerprint density at radius 2 is 2.10 bits per heavy atom. The van der Waals surface area contributed by atoms with Crippen molar-refractivity contribution in [3.8, 4) is 6.07 Å². The van der Waals surface area contributed by atoms with Crippen molar-refractivity contribution in [2.75, 3.05) is 6.54 Å². The molecule has 0 aliphatic carbocycles. The molecule has 108 valence electrons. The third-order valence-electron chi connectivity index (χ3n) is 3.05. The third kappa shape index (κ3) is 7.42. The first-order chi connectivity index (χ1) is 9.72. The molecule has 1 aromatic carbocycles. The highest BCUT2D eigenvalue weighted by molar-refractivity contribution is 5.67. The summed E-state index contributed by atoms with van der Waals surface area (Å²) >= 11 is 0. The molecule has 1 amide bonds. The topological polar surface area (TPSA) is 62.1 Å². The van der Waals surface area contributed by atoms with Crippen LogP contribution in [0.3, 0.4) is 0 Å². The number of carbonyl (C=O) groups excluding carboxylic acids is 1. The maximum atomic E-state index is 11.4. The first-order valence-electron chi connectivity index (χ1n) is 7.04. The van der Waals surface area contributed by atoms with Gasteiger partial charge in [0, 0.05) is 13.0 Å². The Bertz CT molecular complexity index is 426. The van der Waals surface area contributed by atoms with Crippen LogP contribution in [0.5, 0.6) is 0 Å². The molecule has 20 heavy (non-hydrogen) atoms. The summed E-state index contributed by atoms with van der Waals surface area (Å²) in [6.45, 7) is 2.99. The molecule has 0 aliphatic rings. The number of nitriles is 1. The minimum Gasteiger partial charge on any atom is -0.445 e. The standard InChI is InChI=1S/C16H22N2O2/c1-14(10-11-17)7-5-6-12-18-16(19)20-13-15-8-3-2-4-9-15/h2-4,8-9,14H,5-7,10,12-13H2,1H3,(H,18,19). The zero-order valence-electron chi connectivity index (χ0n) is 12.0. The van der Waals surface area contributed by atoms with E-state index < -0.39 is 0 Å². The molecule has 1 N–H and O–H groups in total. The lowest BCUT2D eigenvalue weighted by Gasteiger charge is -2.08. The molecule has 1 unspecified atom stereocenters. The van der Waals surface area contributed by atoms with E-state index in [1.165, 1.54) is 0 Å². The van der Waals surface area contributed by atoms with Crippen molar-refractivity contribution in [2.24, 2.45) is 5.92 Å². The number of unbranched alkanes of at least 4 members (excludes halogenated alkanes) is 1. The van der Waals surface area contributed by atoms with E-state index in [1.54, 1.807) is 0 Å². The lowest BCUT2D eigenvalue weighted by molar-refractivity contribution is 0.139. The highest BCUT2D eigenvalue weighted by Gasteiger charge is 2.03. The number of hydrogen-bond acceptors (Lipinski definition) is 3. The Balaban J connectivity index is 2.02. The van der Waals surface area contributed by atoms with Gasteiger partial charge in [-0.15, -0.1) is 0 Å². The molecule has 0 radical (unpaired) electrons. The number of alkyl carbamates (subject to hydrolysis) is 1. The van der Waals surface area contributed by atoms with Crippen LogP contribution in [0.15, 0.2) is 30.3 Å². The predicted molar refractivity (Wildman–Crippen MR) is 77.9 cm³/mol. The molecule has 4 heteroatoms. The van der Waals surface area contributed by atoms with E-state index in [2.05, 4.69) is 18.3 Å². The maximum absolute atomic E-state index is 11.4. The largest absolute Gasteiger partial charge is 0.445 e. The van der Waals surface area contributed by atoms with Gasteiger partial charge in [0.25, 0.3) is 0 Å². The van der Waals surface area contributed by atoms with E-state index in [0.717, 1.165) is 24.8 Å². The third-order valence-corrected chi connectivity index (χ3v) is 3.05. The highest BCUT2D eigenvalue weighted by Crippen LogP contribution is 2.10. The smallest absolute Gasteiger partial charge is 0.407 e. The molecule has 0 saturated carbocycles. The molecule has 1 atom stereocenters.